The van der Waals surface area contributed by atoms with Crippen molar-refractivity contribution >= 4 is 11.0 Å². The fourth-order valence-corrected chi connectivity index (χ4v) is 2.05. The zero-order chi connectivity index (χ0) is 8.48. The highest BCUT2D eigenvalue weighted by molar-refractivity contribution is 7.83. The second kappa shape index (κ2) is 2.97. The number of hydrogen-bond donors (Lipinski definition) is 1. The summed E-state index contributed by atoms with van der Waals surface area (Å²) in [7, 11) is -0.835. The molecule has 1 aliphatic rings. The molecule has 2 nitrogen and oxygen atoms in total. The minimum atomic E-state index is -0.835. The Labute approximate surface area is 70.7 Å². The van der Waals surface area contributed by atoms with Crippen LogP contribution in [0.15, 0.2) is 11.8 Å². The first kappa shape index (κ1) is 8.78. The average molecular weight is 173 g/mol. The Morgan fingerprint density at radius 2 is 2.18 bits per heavy atom. The van der Waals surface area contributed by atoms with Crippen LogP contribution in [-0.4, -0.2) is 9.96 Å². The lowest BCUT2D eigenvalue weighted by Gasteiger charge is -2.26. The van der Waals surface area contributed by atoms with Gasteiger partial charge in [0.1, 0.15) is 11.0 Å². The monoisotopic (exact) mass is 173 g/mol. The largest absolute Gasteiger partial charge is 0.309 e. The molecule has 0 saturated heterocycles. The number of allylic oxidation sites excluding steroid dienone is 2. The van der Waals surface area contributed by atoms with E-state index in [0.717, 1.165) is 17.9 Å². The molecule has 0 aromatic heterocycles. The summed E-state index contributed by atoms with van der Waals surface area (Å²) in [6.45, 7) is 6.36. The van der Waals surface area contributed by atoms with E-state index in [2.05, 4.69) is 31.6 Å². The molecule has 1 unspecified atom stereocenters. The van der Waals surface area contributed by atoms with Crippen molar-refractivity contribution < 1.29 is 4.21 Å². The third kappa shape index (κ3) is 2.33. The van der Waals surface area contributed by atoms with E-state index in [9.17, 15) is 4.21 Å². The summed E-state index contributed by atoms with van der Waals surface area (Å²) in [6.07, 6.45) is 3.08. The summed E-state index contributed by atoms with van der Waals surface area (Å²) in [5.74, 6) is 0.750. The van der Waals surface area contributed by atoms with Crippen molar-refractivity contribution in [1.29, 1.82) is 0 Å². The molecule has 1 rings (SSSR count). The van der Waals surface area contributed by atoms with Crippen molar-refractivity contribution in [1.82, 2.24) is 4.72 Å². The Hall–Kier alpha value is -0.310. The van der Waals surface area contributed by atoms with Gasteiger partial charge in [0.05, 0.1) is 0 Å². The van der Waals surface area contributed by atoms with Gasteiger partial charge in [-0.25, -0.2) is 4.21 Å². The van der Waals surface area contributed by atoms with Crippen molar-refractivity contribution in [2.45, 2.75) is 27.2 Å². The minimum absolute atomic E-state index is 0.107. The topological polar surface area (TPSA) is 29.1 Å². The third-order valence-electron chi connectivity index (χ3n) is 1.68. The number of nitrogens with one attached hydrogen (secondary N) is 1. The molecule has 0 bridgehead atoms. The van der Waals surface area contributed by atoms with Crippen molar-refractivity contribution in [2.24, 2.45) is 5.41 Å². The predicted octanol–water partition coefficient (Wildman–Crippen LogP) is 1.57. The van der Waals surface area contributed by atoms with Crippen molar-refractivity contribution in [3.8, 4) is 0 Å². The van der Waals surface area contributed by atoms with Gasteiger partial charge in [-0.05, 0) is 6.42 Å². The summed E-state index contributed by atoms with van der Waals surface area (Å²) >= 11 is 0. The van der Waals surface area contributed by atoms with Gasteiger partial charge < -0.3 is 4.72 Å². The average Bonchev–Trinajstić information content (AvgIpc) is 1.86. The van der Waals surface area contributed by atoms with E-state index < -0.39 is 11.0 Å². The molecular formula is C8H15NOS. The lowest BCUT2D eigenvalue weighted by atomic mass is 9.92. The lowest BCUT2D eigenvalue weighted by molar-refractivity contribution is 0.481. The molecule has 1 aliphatic heterocycles. The number of hydrogen-bond acceptors (Lipinski definition) is 1. The smallest absolute Gasteiger partial charge is 0.117 e. The molecule has 0 radical (unpaired) electrons. The van der Waals surface area contributed by atoms with E-state index in [4.69, 9.17) is 0 Å². The Morgan fingerprint density at radius 3 is 2.55 bits per heavy atom. The molecule has 0 aromatic rings. The van der Waals surface area contributed by atoms with Crippen LogP contribution in [0.3, 0.4) is 0 Å². The fourth-order valence-electron chi connectivity index (χ4n) is 0.985. The summed E-state index contributed by atoms with van der Waals surface area (Å²) < 4.78 is 14.1. The molecule has 64 valence electrons. The van der Waals surface area contributed by atoms with Gasteiger partial charge >= 0.3 is 0 Å². The van der Waals surface area contributed by atoms with E-state index in [1.165, 1.54) is 0 Å². The first-order valence-electron chi connectivity index (χ1n) is 3.86. The molecule has 0 aromatic carbocycles. The molecule has 1 N–H and O–H groups in total. The van der Waals surface area contributed by atoms with Gasteiger partial charge in [-0.1, -0.05) is 26.8 Å². The molecule has 0 saturated carbocycles. The highest BCUT2D eigenvalue weighted by Gasteiger charge is 2.20. The lowest BCUT2D eigenvalue weighted by Crippen LogP contribution is -2.30. The van der Waals surface area contributed by atoms with Gasteiger partial charge in [-0.2, -0.15) is 0 Å². The van der Waals surface area contributed by atoms with Gasteiger partial charge in [0.25, 0.3) is 0 Å². The molecule has 0 fully saturated rings. The van der Waals surface area contributed by atoms with Gasteiger partial charge in [0.15, 0.2) is 0 Å². The van der Waals surface area contributed by atoms with Crippen LogP contribution in [0.1, 0.15) is 27.2 Å². The zero-order valence-electron chi connectivity index (χ0n) is 7.31. The first-order valence-corrected chi connectivity index (χ1v) is 5.18. The van der Waals surface area contributed by atoms with Gasteiger partial charge in [-0.3, -0.25) is 0 Å². The molecule has 1 heterocycles. The van der Waals surface area contributed by atoms with E-state index >= 15 is 0 Å². The minimum Gasteiger partial charge on any atom is -0.309 e. The molecule has 3 heteroatoms. The SMILES string of the molecule is CC(C)(C)C1=CCCS(=O)N1. The van der Waals surface area contributed by atoms with E-state index in [1.54, 1.807) is 0 Å². The van der Waals surface area contributed by atoms with E-state index in [-0.39, 0.29) is 5.41 Å². The zero-order valence-corrected chi connectivity index (χ0v) is 8.12. The predicted molar refractivity (Wildman–Crippen MR) is 48.3 cm³/mol. The van der Waals surface area contributed by atoms with E-state index in [1.807, 2.05) is 0 Å². The van der Waals surface area contributed by atoms with Crippen LogP contribution in [0.2, 0.25) is 0 Å². The Kier molecular flexibility index (Phi) is 2.37. The van der Waals surface area contributed by atoms with Crippen LogP contribution in [0.5, 0.6) is 0 Å². The first-order chi connectivity index (χ1) is 5.00. The van der Waals surface area contributed by atoms with Crippen molar-refractivity contribution in [3.63, 3.8) is 0 Å². The normalized spacial score (nSPS) is 25.7. The Morgan fingerprint density at radius 1 is 1.55 bits per heavy atom. The molecule has 0 amide bonds. The second-order valence-corrected chi connectivity index (χ2v) is 5.11. The van der Waals surface area contributed by atoms with Gasteiger partial charge in [0.2, 0.25) is 0 Å². The van der Waals surface area contributed by atoms with Crippen LogP contribution in [0.25, 0.3) is 0 Å². The molecular weight excluding hydrogens is 158 g/mol. The molecule has 11 heavy (non-hydrogen) atoms. The maximum atomic E-state index is 11.1. The Balaban J connectivity index is 2.73. The van der Waals surface area contributed by atoms with Crippen LogP contribution in [-0.2, 0) is 11.0 Å². The standard InChI is InChI=1S/C8H15NOS/c1-8(2,3)7-5-4-6-11(10)9-7/h5,9H,4,6H2,1-3H3. The van der Waals surface area contributed by atoms with Gasteiger partial charge in [0, 0.05) is 16.9 Å². The van der Waals surface area contributed by atoms with E-state index in [0.29, 0.717) is 0 Å². The molecule has 0 aliphatic carbocycles. The van der Waals surface area contributed by atoms with Crippen LogP contribution < -0.4 is 4.72 Å². The van der Waals surface area contributed by atoms with Crippen LogP contribution >= 0.6 is 0 Å². The highest BCUT2D eigenvalue weighted by atomic mass is 32.2. The summed E-state index contributed by atoms with van der Waals surface area (Å²) in [5, 5.41) is 0. The molecule has 1 atom stereocenters. The van der Waals surface area contributed by atoms with Gasteiger partial charge in [-0.15, -0.1) is 0 Å². The highest BCUT2D eigenvalue weighted by Crippen LogP contribution is 2.25. The maximum absolute atomic E-state index is 11.1. The van der Waals surface area contributed by atoms with Crippen LogP contribution in [0, 0.1) is 5.41 Å². The van der Waals surface area contributed by atoms with Crippen LogP contribution in [0.4, 0.5) is 0 Å². The van der Waals surface area contributed by atoms with Crippen molar-refractivity contribution in [2.75, 3.05) is 5.75 Å². The number of rotatable bonds is 0. The quantitative estimate of drug-likeness (QED) is 0.592. The fraction of sp³-hybridized carbons (Fsp3) is 0.750. The maximum Gasteiger partial charge on any atom is 0.117 e. The Bertz CT molecular complexity index is 203. The molecule has 0 spiro atoms. The second-order valence-electron chi connectivity index (χ2n) is 3.81. The summed E-state index contributed by atoms with van der Waals surface area (Å²) in [5.41, 5.74) is 1.22. The summed E-state index contributed by atoms with van der Waals surface area (Å²) in [6, 6.07) is 0. The van der Waals surface area contributed by atoms with Crippen molar-refractivity contribution in [3.05, 3.63) is 11.8 Å². The third-order valence-corrected chi connectivity index (χ3v) is 2.74. The summed E-state index contributed by atoms with van der Waals surface area (Å²) in [4.78, 5) is 0.